The molecule has 1 heterocycles. The Balaban J connectivity index is 1.40. The molecule has 0 spiro atoms. The second kappa shape index (κ2) is 8.79. The first-order chi connectivity index (χ1) is 12.2. The molecule has 4 heteroatoms. The summed E-state index contributed by atoms with van der Waals surface area (Å²) in [5.74, 6) is 0.105. The van der Waals surface area contributed by atoms with E-state index in [1.807, 2.05) is 37.3 Å². The highest BCUT2D eigenvalue weighted by atomic mass is 16.2. The molecular formula is C21H27N3O. The van der Waals surface area contributed by atoms with Crippen molar-refractivity contribution in [2.24, 2.45) is 0 Å². The second-order valence-electron chi connectivity index (χ2n) is 6.74. The molecule has 1 amide bonds. The predicted molar refractivity (Wildman–Crippen MR) is 101 cm³/mol. The van der Waals surface area contributed by atoms with Crippen LogP contribution in [-0.4, -0.2) is 48.4 Å². The molecule has 1 aliphatic heterocycles. The molecule has 1 N–H and O–H groups in total. The van der Waals surface area contributed by atoms with Crippen LogP contribution in [0.4, 0.5) is 0 Å². The monoisotopic (exact) mass is 337 g/mol. The number of hydrogen-bond acceptors (Lipinski definition) is 3. The van der Waals surface area contributed by atoms with Crippen LogP contribution < -0.4 is 5.32 Å². The molecule has 2 aromatic carbocycles. The summed E-state index contributed by atoms with van der Waals surface area (Å²) in [6.45, 7) is 7.42. The third kappa shape index (κ3) is 5.41. The average Bonchev–Trinajstić information content (AvgIpc) is 2.65. The molecule has 1 aliphatic rings. The van der Waals surface area contributed by atoms with Gasteiger partial charge in [0.2, 0.25) is 5.91 Å². The number of piperazine rings is 1. The number of nitrogens with one attached hydrogen (secondary N) is 1. The summed E-state index contributed by atoms with van der Waals surface area (Å²) >= 11 is 0. The molecule has 1 atom stereocenters. The van der Waals surface area contributed by atoms with Crippen molar-refractivity contribution in [2.45, 2.75) is 19.5 Å². The van der Waals surface area contributed by atoms with Crippen molar-refractivity contribution in [3.63, 3.8) is 0 Å². The van der Waals surface area contributed by atoms with Gasteiger partial charge in [-0.05, 0) is 18.1 Å². The van der Waals surface area contributed by atoms with Gasteiger partial charge in [0.05, 0.1) is 12.6 Å². The minimum atomic E-state index is 0.0491. The van der Waals surface area contributed by atoms with Gasteiger partial charge in [-0.3, -0.25) is 14.6 Å². The Morgan fingerprint density at radius 2 is 1.48 bits per heavy atom. The lowest BCUT2D eigenvalue weighted by atomic mass is 10.1. The van der Waals surface area contributed by atoms with Crippen molar-refractivity contribution in [2.75, 3.05) is 32.7 Å². The topological polar surface area (TPSA) is 35.6 Å². The van der Waals surface area contributed by atoms with Crippen molar-refractivity contribution in [3.05, 3.63) is 71.8 Å². The van der Waals surface area contributed by atoms with E-state index in [9.17, 15) is 4.79 Å². The van der Waals surface area contributed by atoms with Crippen molar-refractivity contribution >= 4 is 5.91 Å². The summed E-state index contributed by atoms with van der Waals surface area (Å²) in [4.78, 5) is 17.0. The Bertz CT molecular complexity index is 651. The number of hydrogen-bond donors (Lipinski definition) is 1. The SMILES string of the molecule is C[C@H](NC(=O)CN1CCN(Cc2ccccc2)CC1)c1ccccc1. The summed E-state index contributed by atoms with van der Waals surface area (Å²) < 4.78 is 0. The van der Waals surface area contributed by atoms with Gasteiger partial charge in [-0.25, -0.2) is 0 Å². The van der Waals surface area contributed by atoms with Crippen LogP contribution >= 0.6 is 0 Å². The number of rotatable bonds is 6. The fraction of sp³-hybridized carbons (Fsp3) is 0.381. The zero-order chi connectivity index (χ0) is 17.5. The van der Waals surface area contributed by atoms with E-state index < -0.39 is 0 Å². The first kappa shape index (κ1) is 17.6. The third-order valence-corrected chi connectivity index (χ3v) is 4.76. The molecule has 1 fully saturated rings. The van der Waals surface area contributed by atoms with E-state index in [0.717, 1.165) is 38.3 Å². The summed E-state index contributed by atoms with van der Waals surface area (Å²) in [5.41, 5.74) is 2.49. The normalized spacial score (nSPS) is 17.2. The molecule has 3 rings (SSSR count). The van der Waals surface area contributed by atoms with E-state index in [-0.39, 0.29) is 11.9 Å². The maximum absolute atomic E-state index is 12.3. The van der Waals surface area contributed by atoms with Crippen molar-refractivity contribution < 1.29 is 4.79 Å². The lowest BCUT2D eigenvalue weighted by Gasteiger charge is -2.34. The third-order valence-electron chi connectivity index (χ3n) is 4.76. The Morgan fingerprint density at radius 1 is 0.920 bits per heavy atom. The molecular weight excluding hydrogens is 310 g/mol. The largest absolute Gasteiger partial charge is 0.348 e. The van der Waals surface area contributed by atoms with Gasteiger partial charge >= 0.3 is 0 Å². The molecule has 0 aliphatic carbocycles. The Hall–Kier alpha value is -2.17. The summed E-state index contributed by atoms with van der Waals surface area (Å²) in [5, 5.41) is 3.10. The highest BCUT2D eigenvalue weighted by Crippen LogP contribution is 2.12. The molecule has 2 aromatic rings. The van der Waals surface area contributed by atoms with Crippen LogP contribution in [0.25, 0.3) is 0 Å². The highest BCUT2D eigenvalue weighted by molar-refractivity contribution is 5.78. The first-order valence-electron chi connectivity index (χ1n) is 9.03. The minimum absolute atomic E-state index is 0.0491. The van der Waals surface area contributed by atoms with E-state index in [4.69, 9.17) is 0 Å². The summed E-state index contributed by atoms with van der Waals surface area (Å²) in [6, 6.07) is 20.7. The van der Waals surface area contributed by atoms with Gasteiger partial charge in [0.1, 0.15) is 0 Å². The zero-order valence-electron chi connectivity index (χ0n) is 14.9. The minimum Gasteiger partial charge on any atom is -0.348 e. The van der Waals surface area contributed by atoms with E-state index in [1.54, 1.807) is 0 Å². The van der Waals surface area contributed by atoms with Gasteiger partial charge in [0.15, 0.2) is 0 Å². The number of benzene rings is 2. The number of carbonyl (C=O) groups is 1. The smallest absolute Gasteiger partial charge is 0.234 e. The molecule has 132 valence electrons. The van der Waals surface area contributed by atoms with Crippen LogP contribution in [0.5, 0.6) is 0 Å². The maximum atomic E-state index is 12.3. The van der Waals surface area contributed by atoms with Gasteiger partial charge in [-0.15, -0.1) is 0 Å². The average molecular weight is 337 g/mol. The van der Waals surface area contributed by atoms with E-state index in [1.165, 1.54) is 5.56 Å². The number of amides is 1. The lowest BCUT2D eigenvalue weighted by molar-refractivity contribution is -0.123. The predicted octanol–water partition coefficient (Wildman–Crippen LogP) is 2.68. The molecule has 0 unspecified atom stereocenters. The highest BCUT2D eigenvalue weighted by Gasteiger charge is 2.19. The van der Waals surface area contributed by atoms with Crippen LogP contribution in [0, 0.1) is 0 Å². The number of carbonyl (C=O) groups excluding carboxylic acids is 1. The van der Waals surface area contributed by atoms with E-state index in [2.05, 4.69) is 45.4 Å². The molecule has 0 bridgehead atoms. The number of nitrogens with zero attached hydrogens (tertiary/aromatic N) is 2. The molecule has 0 radical (unpaired) electrons. The fourth-order valence-electron chi connectivity index (χ4n) is 3.26. The van der Waals surface area contributed by atoms with E-state index >= 15 is 0 Å². The van der Waals surface area contributed by atoms with Crippen molar-refractivity contribution in [1.29, 1.82) is 0 Å². The first-order valence-corrected chi connectivity index (χ1v) is 9.03. The Morgan fingerprint density at radius 3 is 2.12 bits per heavy atom. The van der Waals surface area contributed by atoms with Crippen molar-refractivity contribution in [3.8, 4) is 0 Å². The van der Waals surface area contributed by atoms with Crippen LogP contribution in [0.3, 0.4) is 0 Å². The fourth-order valence-corrected chi connectivity index (χ4v) is 3.26. The molecule has 1 saturated heterocycles. The summed E-state index contributed by atoms with van der Waals surface area (Å²) in [6.07, 6.45) is 0. The Kier molecular flexibility index (Phi) is 6.20. The van der Waals surface area contributed by atoms with Crippen LogP contribution in [0.15, 0.2) is 60.7 Å². The molecule has 0 saturated carbocycles. The van der Waals surface area contributed by atoms with Gasteiger partial charge in [0, 0.05) is 32.7 Å². The quantitative estimate of drug-likeness (QED) is 0.880. The van der Waals surface area contributed by atoms with Gasteiger partial charge in [-0.2, -0.15) is 0 Å². The zero-order valence-corrected chi connectivity index (χ0v) is 14.9. The molecule has 0 aromatic heterocycles. The van der Waals surface area contributed by atoms with Gasteiger partial charge < -0.3 is 5.32 Å². The van der Waals surface area contributed by atoms with Crippen LogP contribution in [0.1, 0.15) is 24.1 Å². The molecule has 25 heavy (non-hydrogen) atoms. The van der Waals surface area contributed by atoms with Crippen molar-refractivity contribution in [1.82, 2.24) is 15.1 Å². The van der Waals surface area contributed by atoms with Gasteiger partial charge in [0.25, 0.3) is 0 Å². The molecule has 4 nitrogen and oxygen atoms in total. The van der Waals surface area contributed by atoms with E-state index in [0.29, 0.717) is 6.54 Å². The maximum Gasteiger partial charge on any atom is 0.234 e. The second-order valence-corrected chi connectivity index (χ2v) is 6.74. The lowest BCUT2D eigenvalue weighted by Crippen LogP contribution is -2.49. The standard InChI is InChI=1S/C21H27N3O/c1-18(20-10-6-3-7-11-20)22-21(25)17-24-14-12-23(13-15-24)16-19-8-4-2-5-9-19/h2-11,18H,12-17H2,1H3,(H,22,25)/t18-/m0/s1. The Labute approximate surface area is 150 Å². The van der Waals surface area contributed by atoms with Crippen LogP contribution in [-0.2, 0) is 11.3 Å². The van der Waals surface area contributed by atoms with Crippen LogP contribution in [0.2, 0.25) is 0 Å². The summed E-state index contributed by atoms with van der Waals surface area (Å²) in [7, 11) is 0. The van der Waals surface area contributed by atoms with Gasteiger partial charge in [-0.1, -0.05) is 60.7 Å².